The molecule has 0 aliphatic carbocycles. The molecular weight excluding hydrogens is 620 g/mol. The number of ether oxygens (including phenoxy) is 2. The van der Waals surface area contributed by atoms with Gasteiger partial charge >= 0.3 is 12.1 Å². The lowest BCUT2D eigenvalue weighted by Crippen LogP contribution is -2.44. The number of anilines is 1. The van der Waals surface area contributed by atoms with Crippen LogP contribution in [0.4, 0.5) is 23.2 Å². The first-order chi connectivity index (χ1) is 20.2. The minimum atomic E-state index is -4.95. The number of rotatable bonds is 10. The molecule has 0 bridgehead atoms. The van der Waals surface area contributed by atoms with Gasteiger partial charge in [0, 0.05) is 18.2 Å². The van der Waals surface area contributed by atoms with E-state index in [1.165, 1.54) is 55.5 Å². The van der Waals surface area contributed by atoms with E-state index >= 15 is 0 Å². The van der Waals surface area contributed by atoms with Crippen molar-refractivity contribution in [3.8, 4) is 11.6 Å². The van der Waals surface area contributed by atoms with E-state index in [4.69, 9.17) is 26.2 Å². The highest BCUT2D eigenvalue weighted by molar-refractivity contribution is 7.93. The van der Waals surface area contributed by atoms with Crippen molar-refractivity contribution in [2.75, 3.05) is 17.5 Å². The topological polar surface area (TPSA) is 126 Å². The Morgan fingerprint density at radius 2 is 2.00 bits per heavy atom. The zero-order valence-corrected chi connectivity index (χ0v) is 24.0. The van der Waals surface area contributed by atoms with Crippen molar-refractivity contribution in [2.24, 2.45) is 0 Å². The van der Waals surface area contributed by atoms with Gasteiger partial charge in [-0.05, 0) is 55.3 Å². The van der Waals surface area contributed by atoms with Gasteiger partial charge in [0.15, 0.2) is 4.90 Å². The van der Waals surface area contributed by atoms with Crippen LogP contribution in [0.25, 0.3) is 12.2 Å². The van der Waals surface area contributed by atoms with Crippen LogP contribution in [-0.4, -0.2) is 54.9 Å². The molecule has 2 aromatic carbocycles. The fraction of sp³-hybridized carbons (Fsp3) is 0.286. The number of nitrogens with zero attached hydrogens (tertiary/aromatic N) is 2. The average molecular weight is 645 g/mol. The zero-order valence-electron chi connectivity index (χ0n) is 22.4. The van der Waals surface area contributed by atoms with Gasteiger partial charge in [-0.2, -0.15) is 13.2 Å². The fourth-order valence-corrected chi connectivity index (χ4v) is 5.98. The molecule has 2 atom stereocenters. The smallest absolute Gasteiger partial charge is 0.417 e. The number of aliphatic hydroxyl groups excluding tert-OH is 1. The normalized spacial score (nSPS) is 16.1. The highest BCUT2D eigenvalue weighted by Gasteiger charge is 2.39. The summed E-state index contributed by atoms with van der Waals surface area (Å²) in [5.74, 6) is -2.42. The molecule has 0 spiro atoms. The SMILES string of the molecule is C[C@@H](O)COc1ncc(C(F)(F)F)cc1S(=O)(=O)N1C[C@H](CCC(=O)O)Oc2ccc(/C=C/c3c(F)cccc3Cl)cc21. The minimum Gasteiger partial charge on any atom is -0.486 e. The lowest BCUT2D eigenvalue weighted by atomic mass is 10.1. The van der Waals surface area contributed by atoms with Crippen molar-refractivity contribution < 1.29 is 50.5 Å². The third-order valence-electron chi connectivity index (χ3n) is 6.21. The number of aliphatic hydroxyl groups is 1. The predicted octanol–water partition coefficient (Wildman–Crippen LogP) is 5.64. The Balaban J connectivity index is 1.83. The molecule has 0 unspecified atom stereocenters. The molecule has 230 valence electrons. The van der Waals surface area contributed by atoms with E-state index in [1.807, 2.05) is 0 Å². The van der Waals surface area contributed by atoms with Gasteiger partial charge in [-0.25, -0.2) is 17.8 Å². The van der Waals surface area contributed by atoms with E-state index < -0.39 is 69.7 Å². The van der Waals surface area contributed by atoms with Crippen LogP contribution in [0.15, 0.2) is 53.6 Å². The maximum absolute atomic E-state index is 14.3. The second kappa shape index (κ2) is 12.8. The van der Waals surface area contributed by atoms with Crippen LogP contribution >= 0.6 is 11.6 Å². The molecule has 0 saturated heterocycles. The number of carbonyl (C=O) groups is 1. The van der Waals surface area contributed by atoms with Crippen LogP contribution in [0.2, 0.25) is 5.02 Å². The van der Waals surface area contributed by atoms with Gasteiger partial charge < -0.3 is 19.7 Å². The van der Waals surface area contributed by atoms with E-state index in [2.05, 4.69) is 4.98 Å². The molecule has 43 heavy (non-hydrogen) atoms. The number of carboxylic acid groups (broad SMARTS) is 1. The number of hydrogen-bond donors (Lipinski definition) is 2. The molecule has 1 aliphatic heterocycles. The van der Waals surface area contributed by atoms with Crippen molar-refractivity contribution in [2.45, 2.75) is 43.0 Å². The third kappa shape index (κ3) is 7.56. The van der Waals surface area contributed by atoms with Gasteiger partial charge in [0.25, 0.3) is 10.0 Å². The summed E-state index contributed by atoms with van der Waals surface area (Å²) in [7, 11) is -4.87. The van der Waals surface area contributed by atoms with Crippen molar-refractivity contribution in [1.29, 1.82) is 0 Å². The first-order valence-electron chi connectivity index (χ1n) is 12.7. The number of aromatic nitrogens is 1. The first kappa shape index (κ1) is 32.0. The standard InChI is InChI=1S/C28H25ClF4N2O7S/c1-16(36)15-41-27-25(12-18(13-34-27)28(31,32)33)43(39,40)35-14-19(7-10-26(37)38)42-24-9-6-17(11-23(24)35)5-8-20-21(29)3-2-4-22(20)30/h2-6,8-9,11-13,16,19,36H,7,10,14-15H2,1H3,(H,37,38)/b8-5+/t16-,19+/m1/s1. The highest BCUT2D eigenvalue weighted by atomic mass is 35.5. The molecular formula is C28H25ClF4N2O7S. The number of pyridine rings is 1. The lowest BCUT2D eigenvalue weighted by molar-refractivity contribution is -0.138. The Labute approximate surface area is 249 Å². The van der Waals surface area contributed by atoms with Gasteiger partial charge in [0.2, 0.25) is 5.88 Å². The largest absolute Gasteiger partial charge is 0.486 e. The second-order valence-corrected chi connectivity index (χ2v) is 11.8. The van der Waals surface area contributed by atoms with Crippen LogP contribution < -0.4 is 13.8 Å². The summed E-state index contributed by atoms with van der Waals surface area (Å²) in [5, 5.41) is 18.9. The minimum absolute atomic E-state index is 0.0117. The van der Waals surface area contributed by atoms with Crippen LogP contribution in [0.1, 0.15) is 36.5 Å². The number of halogens is 5. The van der Waals surface area contributed by atoms with Gasteiger partial charge in [-0.15, -0.1) is 0 Å². The molecule has 1 aromatic heterocycles. The van der Waals surface area contributed by atoms with Crippen molar-refractivity contribution in [1.82, 2.24) is 4.98 Å². The number of carboxylic acids is 1. The molecule has 2 heterocycles. The molecule has 0 saturated carbocycles. The zero-order chi connectivity index (χ0) is 31.5. The van der Waals surface area contributed by atoms with Gasteiger partial charge in [-0.3, -0.25) is 9.10 Å². The molecule has 9 nitrogen and oxygen atoms in total. The summed E-state index contributed by atoms with van der Waals surface area (Å²) in [4.78, 5) is 13.8. The van der Waals surface area contributed by atoms with Crippen LogP contribution in [0.5, 0.6) is 11.6 Å². The van der Waals surface area contributed by atoms with Crippen molar-refractivity contribution in [3.05, 3.63) is 76.2 Å². The number of benzene rings is 2. The van der Waals surface area contributed by atoms with Gasteiger partial charge in [0.1, 0.15) is 24.3 Å². The summed E-state index contributed by atoms with van der Waals surface area (Å²) in [6.45, 7) is 0.406. The predicted molar refractivity (Wildman–Crippen MR) is 149 cm³/mol. The van der Waals surface area contributed by atoms with Crippen LogP contribution in [0.3, 0.4) is 0 Å². The first-order valence-corrected chi connectivity index (χ1v) is 14.5. The lowest BCUT2D eigenvalue weighted by Gasteiger charge is -2.36. The average Bonchev–Trinajstić information content (AvgIpc) is 2.93. The number of fused-ring (bicyclic) bond motifs is 1. The molecule has 0 radical (unpaired) electrons. The Bertz CT molecular complexity index is 1630. The summed E-state index contributed by atoms with van der Waals surface area (Å²) >= 11 is 6.08. The van der Waals surface area contributed by atoms with E-state index in [-0.39, 0.29) is 34.9 Å². The van der Waals surface area contributed by atoms with Crippen LogP contribution in [0, 0.1) is 5.82 Å². The Morgan fingerprint density at radius 1 is 1.26 bits per heavy atom. The summed E-state index contributed by atoms with van der Waals surface area (Å²) in [5.41, 5.74) is -0.998. The molecule has 15 heteroatoms. The van der Waals surface area contributed by atoms with Gasteiger partial charge in [-0.1, -0.05) is 29.8 Å². The van der Waals surface area contributed by atoms with E-state index in [0.717, 1.165) is 4.31 Å². The third-order valence-corrected chi connectivity index (χ3v) is 8.32. The Hall–Kier alpha value is -3.88. The monoisotopic (exact) mass is 644 g/mol. The number of hydrogen-bond acceptors (Lipinski definition) is 7. The summed E-state index contributed by atoms with van der Waals surface area (Å²) in [6, 6.07) is 8.79. The molecule has 1 aliphatic rings. The molecule has 0 amide bonds. The molecule has 3 aromatic rings. The van der Waals surface area contributed by atoms with E-state index in [0.29, 0.717) is 17.8 Å². The maximum Gasteiger partial charge on any atom is 0.417 e. The Kier molecular flexibility index (Phi) is 9.52. The van der Waals surface area contributed by atoms with Crippen molar-refractivity contribution in [3.63, 3.8) is 0 Å². The number of alkyl halides is 3. The quantitative estimate of drug-likeness (QED) is 0.214. The van der Waals surface area contributed by atoms with Crippen LogP contribution in [-0.2, 0) is 21.0 Å². The summed E-state index contributed by atoms with van der Waals surface area (Å²) in [6.07, 6.45) is -4.26. The molecule has 4 rings (SSSR count). The fourth-order valence-electron chi connectivity index (χ4n) is 4.14. The summed E-state index contributed by atoms with van der Waals surface area (Å²) < 4.78 is 95.2. The van der Waals surface area contributed by atoms with Crippen molar-refractivity contribution >= 4 is 45.4 Å². The van der Waals surface area contributed by atoms with Gasteiger partial charge in [0.05, 0.1) is 28.9 Å². The Morgan fingerprint density at radius 3 is 2.65 bits per heavy atom. The maximum atomic E-state index is 14.3. The van der Waals surface area contributed by atoms with E-state index in [1.54, 1.807) is 0 Å². The van der Waals surface area contributed by atoms with E-state index in [9.17, 15) is 35.9 Å². The molecule has 2 N–H and O–H groups in total. The molecule has 0 fully saturated rings. The highest BCUT2D eigenvalue weighted by Crippen LogP contribution is 2.41. The number of sulfonamides is 1. The second-order valence-electron chi connectivity index (χ2n) is 9.59. The number of aliphatic carboxylic acids is 1.